The number of hydrogen-bond donors (Lipinski definition) is 2. The number of anilines is 1. The highest BCUT2D eigenvalue weighted by atomic mass is 35.5. The number of hydrazone groups is 1. The molecule has 0 fully saturated rings. The Labute approximate surface area is 162 Å². The van der Waals surface area contributed by atoms with Crippen LogP contribution in [0.2, 0.25) is 10.0 Å². The lowest BCUT2D eigenvalue weighted by atomic mass is 10.1. The molecule has 8 heteroatoms. The molecule has 1 atom stereocenters. The normalized spacial score (nSPS) is 12.0. The van der Waals surface area contributed by atoms with Gasteiger partial charge in [-0.15, -0.1) is 0 Å². The van der Waals surface area contributed by atoms with Crippen molar-refractivity contribution in [3.8, 4) is 11.5 Å². The molecule has 3 N–H and O–H groups in total. The topological polar surface area (TPSA) is 81.8 Å². The molecule has 0 aliphatic rings. The van der Waals surface area contributed by atoms with E-state index in [1.165, 1.54) is 7.11 Å². The van der Waals surface area contributed by atoms with Crippen LogP contribution in [0.1, 0.15) is 24.2 Å². The Kier molecular flexibility index (Phi) is 6.71. The zero-order chi connectivity index (χ0) is 19.3. The molecule has 1 aromatic heterocycles. The maximum atomic E-state index is 6.38. The minimum absolute atomic E-state index is 0.245. The molecule has 0 bridgehead atoms. The molecule has 0 amide bonds. The van der Waals surface area contributed by atoms with Gasteiger partial charge in [-0.1, -0.05) is 29.8 Å². The van der Waals surface area contributed by atoms with E-state index in [4.69, 9.17) is 38.4 Å². The fourth-order valence-electron chi connectivity index (χ4n) is 2.27. The summed E-state index contributed by atoms with van der Waals surface area (Å²) in [4.78, 5) is 4.15. The summed E-state index contributed by atoms with van der Waals surface area (Å²) in [5, 5.41) is 4.79. The highest BCUT2D eigenvalue weighted by Crippen LogP contribution is 2.39. The highest BCUT2D eigenvalue weighted by molar-refractivity contribution is 6.37. The smallest absolute Gasteiger partial charge is 0.166 e. The summed E-state index contributed by atoms with van der Waals surface area (Å²) >= 11 is 12.7. The summed E-state index contributed by atoms with van der Waals surface area (Å²) in [6, 6.07) is 5.14. The van der Waals surface area contributed by atoms with Crippen LogP contribution in [0.3, 0.4) is 0 Å². The van der Waals surface area contributed by atoms with Crippen LogP contribution in [0.15, 0.2) is 36.1 Å². The van der Waals surface area contributed by atoms with Crippen molar-refractivity contribution >= 4 is 40.8 Å². The lowest BCUT2D eigenvalue weighted by molar-refractivity contribution is 0.227. The van der Waals surface area contributed by atoms with E-state index in [-0.39, 0.29) is 5.82 Å². The number of hydrogen-bond acceptors (Lipinski definition) is 6. The van der Waals surface area contributed by atoms with Crippen LogP contribution < -0.4 is 20.6 Å². The molecule has 0 saturated heterocycles. The van der Waals surface area contributed by atoms with Crippen LogP contribution in [0.25, 0.3) is 5.57 Å². The largest absolute Gasteiger partial charge is 0.495 e. The lowest BCUT2D eigenvalue weighted by Crippen LogP contribution is -2.08. The van der Waals surface area contributed by atoms with E-state index in [9.17, 15) is 0 Å². The highest BCUT2D eigenvalue weighted by Gasteiger charge is 2.20. The number of ether oxygens (including phenoxy) is 2. The van der Waals surface area contributed by atoms with E-state index in [2.05, 4.69) is 22.1 Å². The van der Waals surface area contributed by atoms with Crippen LogP contribution in [0.5, 0.6) is 11.5 Å². The van der Waals surface area contributed by atoms with Gasteiger partial charge in [-0.05, 0) is 30.7 Å². The van der Waals surface area contributed by atoms with Gasteiger partial charge in [0, 0.05) is 29.4 Å². The molecule has 138 valence electrons. The van der Waals surface area contributed by atoms with Gasteiger partial charge in [0.1, 0.15) is 11.9 Å². The fourth-order valence-corrected chi connectivity index (χ4v) is 3.03. The number of methoxy groups -OCH3 is 1. The first-order valence-corrected chi connectivity index (χ1v) is 8.47. The lowest BCUT2D eigenvalue weighted by Gasteiger charge is -2.20. The number of rotatable bonds is 7. The van der Waals surface area contributed by atoms with Gasteiger partial charge in [0.2, 0.25) is 0 Å². The first kappa shape index (κ1) is 19.9. The maximum absolute atomic E-state index is 6.38. The fraction of sp³-hybridized carbons (Fsp3) is 0.222. The number of aromatic nitrogens is 1. The molecule has 1 heterocycles. The first-order valence-electron chi connectivity index (χ1n) is 7.72. The summed E-state index contributed by atoms with van der Waals surface area (Å²) in [5.74, 6) is 1.15. The molecule has 6 nitrogen and oxygen atoms in total. The number of halogens is 2. The number of nitrogens with zero attached hydrogens (tertiary/aromatic N) is 2. The van der Waals surface area contributed by atoms with Gasteiger partial charge in [-0.25, -0.2) is 4.98 Å². The molecule has 0 aliphatic heterocycles. The zero-order valence-corrected chi connectivity index (χ0v) is 16.2. The van der Waals surface area contributed by atoms with E-state index < -0.39 is 6.10 Å². The van der Waals surface area contributed by atoms with Crippen LogP contribution in [-0.4, -0.2) is 25.4 Å². The van der Waals surface area contributed by atoms with E-state index in [1.54, 1.807) is 37.7 Å². The van der Waals surface area contributed by atoms with Crippen molar-refractivity contribution in [2.45, 2.75) is 13.0 Å². The van der Waals surface area contributed by atoms with Crippen molar-refractivity contribution in [1.29, 1.82) is 0 Å². The van der Waals surface area contributed by atoms with Crippen LogP contribution in [0, 0.1) is 0 Å². The van der Waals surface area contributed by atoms with Crippen molar-refractivity contribution in [2.24, 2.45) is 5.10 Å². The first-order chi connectivity index (χ1) is 12.4. The van der Waals surface area contributed by atoms with E-state index in [0.717, 1.165) is 5.56 Å². The predicted molar refractivity (Wildman–Crippen MR) is 107 cm³/mol. The summed E-state index contributed by atoms with van der Waals surface area (Å²) in [7, 11) is 3.23. The summed E-state index contributed by atoms with van der Waals surface area (Å²) in [5.41, 5.74) is 10.6. The molecule has 26 heavy (non-hydrogen) atoms. The molecule has 0 saturated carbocycles. The van der Waals surface area contributed by atoms with Gasteiger partial charge in [-0.2, -0.15) is 5.10 Å². The van der Waals surface area contributed by atoms with Gasteiger partial charge < -0.3 is 20.6 Å². The Morgan fingerprint density at radius 1 is 1.38 bits per heavy atom. The Morgan fingerprint density at radius 2 is 2.12 bits per heavy atom. The maximum Gasteiger partial charge on any atom is 0.166 e. The summed E-state index contributed by atoms with van der Waals surface area (Å²) < 4.78 is 11.2. The van der Waals surface area contributed by atoms with Gasteiger partial charge >= 0.3 is 0 Å². The number of nitrogens with two attached hydrogens (primary N) is 1. The van der Waals surface area contributed by atoms with Gasteiger partial charge in [0.05, 0.1) is 18.3 Å². The molecule has 0 radical (unpaired) electrons. The minimum atomic E-state index is -0.483. The molecular formula is C18H20Cl2N4O2. The number of pyridine rings is 1. The second kappa shape index (κ2) is 8.78. The third-order valence-corrected chi connectivity index (χ3v) is 4.34. The number of allylic oxidation sites excluding steroid dienone is 1. The van der Waals surface area contributed by atoms with Gasteiger partial charge in [0.25, 0.3) is 0 Å². The quantitative estimate of drug-likeness (QED) is 0.539. The van der Waals surface area contributed by atoms with Gasteiger partial charge in [-0.3, -0.25) is 0 Å². The summed E-state index contributed by atoms with van der Waals surface area (Å²) in [6.45, 7) is 5.75. The van der Waals surface area contributed by atoms with Crippen molar-refractivity contribution in [3.05, 3.63) is 52.1 Å². The van der Waals surface area contributed by atoms with Crippen LogP contribution in [0.4, 0.5) is 5.82 Å². The number of nitrogen functional groups attached to an aromatic ring is 1. The van der Waals surface area contributed by atoms with Crippen molar-refractivity contribution in [2.75, 3.05) is 19.9 Å². The molecule has 0 aliphatic carbocycles. The molecule has 0 spiro atoms. The number of nitrogens with one attached hydrogen (secondary N) is 1. The van der Waals surface area contributed by atoms with E-state index >= 15 is 0 Å². The average Bonchev–Trinajstić information content (AvgIpc) is 2.61. The zero-order valence-electron chi connectivity index (χ0n) is 14.7. The standard InChI is InChI=1S/C18H20Cl2N4O2/c1-10(8-24-22-3)12-7-15(18(21)23-9-12)26-11(2)16-13(19)5-6-14(25-4)17(16)20/h5-9,11,22H,1H2,2-4H3,(H2,21,23)/b24-8-. The van der Waals surface area contributed by atoms with Crippen LogP contribution in [-0.2, 0) is 0 Å². The SMILES string of the molecule is C=C(/C=N\NC)c1cnc(N)c(OC(C)c2c(Cl)ccc(OC)c2Cl)c1. The predicted octanol–water partition coefficient (Wildman–Crippen LogP) is 4.34. The molecule has 1 unspecified atom stereocenters. The Balaban J connectivity index is 2.34. The monoisotopic (exact) mass is 394 g/mol. The second-order valence-electron chi connectivity index (χ2n) is 5.35. The minimum Gasteiger partial charge on any atom is -0.495 e. The van der Waals surface area contributed by atoms with E-state index in [0.29, 0.717) is 32.7 Å². The molecule has 2 rings (SSSR count). The Hall–Kier alpha value is -2.44. The van der Waals surface area contributed by atoms with Gasteiger partial charge in [0.15, 0.2) is 11.6 Å². The summed E-state index contributed by atoms with van der Waals surface area (Å²) in [6.07, 6.45) is 2.70. The molecule has 2 aromatic rings. The molecular weight excluding hydrogens is 375 g/mol. The van der Waals surface area contributed by atoms with Crippen molar-refractivity contribution < 1.29 is 9.47 Å². The second-order valence-corrected chi connectivity index (χ2v) is 6.14. The van der Waals surface area contributed by atoms with Crippen LogP contribution >= 0.6 is 23.2 Å². The Morgan fingerprint density at radius 3 is 2.77 bits per heavy atom. The third kappa shape index (κ3) is 4.39. The number of benzene rings is 1. The molecule has 1 aromatic carbocycles. The Bertz CT molecular complexity index is 840. The van der Waals surface area contributed by atoms with Crippen molar-refractivity contribution in [3.63, 3.8) is 0 Å². The van der Waals surface area contributed by atoms with Crippen molar-refractivity contribution in [1.82, 2.24) is 10.4 Å². The average molecular weight is 395 g/mol. The third-order valence-electron chi connectivity index (χ3n) is 3.62. The van der Waals surface area contributed by atoms with E-state index in [1.807, 2.05) is 6.92 Å².